The SMILES string of the molecule is CCS(=O)(=O)N1CCN(C(=O)COc2ccc(F)cc2F)CC1. The van der Waals surface area contributed by atoms with Crippen molar-refractivity contribution in [2.24, 2.45) is 0 Å². The number of halogens is 2. The third-order valence-electron chi connectivity index (χ3n) is 3.59. The van der Waals surface area contributed by atoms with E-state index in [1.54, 1.807) is 6.92 Å². The minimum Gasteiger partial charge on any atom is -0.481 e. The maximum absolute atomic E-state index is 13.4. The van der Waals surface area contributed by atoms with Crippen LogP contribution in [0.3, 0.4) is 0 Å². The van der Waals surface area contributed by atoms with Gasteiger partial charge in [0.05, 0.1) is 5.75 Å². The maximum atomic E-state index is 13.4. The van der Waals surface area contributed by atoms with Crippen molar-refractivity contribution in [1.29, 1.82) is 0 Å². The Bertz CT molecular complexity index is 673. The lowest BCUT2D eigenvalue weighted by molar-refractivity contribution is -0.134. The highest BCUT2D eigenvalue weighted by Crippen LogP contribution is 2.17. The summed E-state index contributed by atoms with van der Waals surface area (Å²) >= 11 is 0. The zero-order valence-electron chi connectivity index (χ0n) is 12.7. The molecule has 6 nitrogen and oxygen atoms in total. The number of sulfonamides is 1. The van der Waals surface area contributed by atoms with Crippen molar-refractivity contribution in [3.63, 3.8) is 0 Å². The molecule has 9 heteroatoms. The molecule has 0 radical (unpaired) electrons. The van der Waals surface area contributed by atoms with Gasteiger partial charge in [0.25, 0.3) is 5.91 Å². The predicted molar refractivity (Wildman–Crippen MR) is 79.5 cm³/mol. The van der Waals surface area contributed by atoms with Crippen LogP contribution in [0, 0.1) is 11.6 Å². The average Bonchev–Trinajstić information content (AvgIpc) is 2.54. The Labute approximate surface area is 133 Å². The number of nitrogens with zero attached hydrogens (tertiary/aromatic N) is 2. The molecule has 0 aliphatic carbocycles. The number of hydrogen-bond donors (Lipinski definition) is 0. The van der Waals surface area contributed by atoms with Crippen molar-refractivity contribution >= 4 is 15.9 Å². The number of carbonyl (C=O) groups excluding carboxylic acids is 1. The second-order valence-corrected chi connectivity index (χ2v) is 7.30. The Morgan fingerprint density at radius 2 is 1.87 bits per heavy atom. The number of amides is 1. The fourth-order valence-corrected chi connectivity index (χ4v) is 3.31. The van der Waals surface area contributed by atoms with Crippen LogP contribution in [0.2, 0.25) is 0 Å². The summed E-state index contributed by atoms with van der Waals surface area (Å²) in [5, 5.41) is 0. The van der Waals surface area contributed by atoms with Crippen LogP contribution in [-0.2, 0) is 14.8 Å². The topological polar surface area (TPSA) is 66.9 Å². The van der Waals surface area contributed by atoms with Crippen LogP contribution in [0.5, 0.6) is 5.75 Å². The summed E-state index contributed by atoms with van der Waals surface area (Å²) in [5.74, 6) is -2.16. The summed E-state index contributed by atoms with van der Waals surface area (Å²) in [7, 11) is -3.26. The van der Waals surface area contributed by atoms with Gasteiger partial charge in [0, 0.05) is 32.2 Å². The highest BCUT2D eigenvalue weighted by Gasteiger charge is 2.27. The third kappa shape index (κ3) is 4.38. The van der Waals surface area contributed by atoms with Gasteiger partial charge in [-0.15, -0.1) is 0 Å². The molecule has 1 amide bonds. The van der Waals surface area contributed by atoms with Crippen LogP contribution in [0.15, 0.2) is 18.2 Å². The van der Waals surface area contributed by atoms with Gasteiger partial charge in [-0.1, -0.05) is 0 Å². The summed E-state index contributed by atoms with van der Waals surface area (Å²) in [5.41, 5.74) is 0. The first-order valence-electron chi connectivity index (χ1n) is 7.17. The lowest BCUT2D eigenvalue weighted by Crippen LogP contribution is -2.51. The molecule has 0 unspecified atom stereocenters. The first kappa shape index (κ1) is 17.6. The molecule has 0 atom stereocenters. The largest absolute Gasteiger partial charge is 0.481 e. The van der Waals surface area contributed by atoms with E-state index in [0.29, 0.717) is 6.07 Å². The van der Waals surface area contributed by atoms with E-state index in [2.05, 4.69) is 0 Å². The fraction of sp³-hybridized carbons (Fsp3) is 0.500. The summed E-state index contributed by atoms with van der Waals surface area (Å²) < 4.78 is 56.0. The summed E-state index contributed by atoms with van der Waals surface area (Å²) in [4.78, 5) is 13.5. The van der Waals surface area contributed by atoms with E-state index >= 15 is 0 Å². The predicted octanol–water partition coefficient (Wildman–Crippen LogP) is 0.838. The highest BCUT2D eigenvalue weighted by atomic mass is 32.2. The molecule has 1 aliphatic heterocycles. The van der Waals surface area contributed by atoms with E-state index < -0.39 is 21.7 Å². The normalized spacial score (nSPS) is 16.4. The van der Waals surface area contributed by atoms with Gasteiger partial charge in [-0.3, -0.25) is 4.79 Å². The van der Waals surface area contributed by atoms with Crippen LogP contribution in [-0.4, -0.2) is 62.1 Å². The third-order valence-corrected chi connectivity index (χ3v) is 5.48. The Kier molecular flexibility index (Phi) is 5.53. The monoisotopic (exact) mass is 348 g/mol. The van der Waals surface area contributed by atoms with E-state index in [1.165, 1.54) is 9.21 Å². The van der Waals surface area contributed by atoms with Crippen LogP contribution in [0.1, 0.15) is 6.92 Å². The first-order valence-corrected chi connectivity index (χ1v) is 8.78. The molecule has 2 rings (SSSR count). The Morgan fingerprint density at radius 1 is 1.22 bits per heavy atom. The van der Waals surface area contributed by atoms with Gasteiger partial charge in [0.2, 0.25) is 10.0 Å². The van der Waals surface area contributed by atoms with Crippen molar-refractivity contribution < 1.29 is 26.7 Å². The number of rotatable bonds is 5. The number of ether oxygens (including phenoxy) is 1. The van der Waals surface area contributed by atoms with Gasteiger partial charge in [0.1, 0.15) is 5.82 Å². The molecule has 1 saturated heterocycles. The molecule has 1 fully saturated rings. The molecule has 0 spiro atoms. The lowest BCUT2D eigenvalue weighted by atomic mass is 10.3. The summed E-state index contributed by atoms with van der Waals surface area (Å²) in [6.45, 7) is 2.15. The zero-order chi connectivity index (χ0) is 17.0. The van der Waals surface area contributed by atoms with E-state index in [9.17, 15) is 22.0 Å². The maximum Gasteiger partial charge on any atom is 0.260 e. The second kappa shape index (κ2) is 7.22. The van der Waals surface area contributed by atoms with Crippen molar-refractivity contribution in [3.05, 3.63) is 29.8 Å². The van der Waals surface area contributed by atoms with Crippen LogP contribution >= 0.6 is 0 Å². The molecule has 1 heterocycles. The van der Waals surface area contributed by atoms with Gasteiger partial charge in [0.15, 0.2) is 18.2 Å². The van der Waals surface area contributed by atoms with E-state index in [4.69, 9.17) is 4.74 Å². The second-order valence-electron chi connectivity index (χ2n) is 5.04. The number of hydrogen-bond acceptors (Lipinski definition) is 4. The van der Waals surface area contributed by atoms with Gasteiger partial charge in [-0.05, 0) is 19.1 Å². The molecular formula is C14H18F2N2O4S. The lowest BCUT2D eigenvalue weighted by Gasteiger charge is -2.33. The molecule has 1 aliphatic rings. The summed E-state index contributed by atoms with van der Waals surface area (Å²) in [6.07, 6.45) is 0. The smallest absolute Gasteiger partial charge is 0.260 e. The van der Waals surface area contributed by atoms with Crippen molar-refractivity contribution in [2.45, 2.75) is 6.92 Å². The van der Waals surface area contributed by atoms with E-state index in [1.807, 2.05) is 0 Å². The van der Waals surface area contributed by atoms with Crippen molar-refractivity contribution in [1.82, 2.24) is 9.21 Å². The van der Waals surface area contributed by atoms with Gasteiger partial charge in [-0.25, -0.2) is 17.2 Å². The van der Waals surface area contributed by atoms with E-state index in [0.717, 1.165) is 12.1 Å². The Hall–Kier alpha value is -1.74. The number of piperazine rings is 1. The van der Waals surface area contributed by atoms with Crippen LogP contribution in [0.4, 0.5) is 8.78 Å². The minimum atomic E-state index is -3.26. The number of carbonyl (C=O) groups is 1. The van der Waals surface area contributed by atoms with Gasteiger partial charge in [-0.2, -0.15) is 4.31 Å². The molecule has 0 aromatic heterocycles. The molecular weight excluding hydrogens is 330 g/mol. The molecule has 23 heavy (non-hydrogen) atoms. The molecule has 1 aromatic rings. The van der Waals surface area contributed by atoms with Gasteiger partial charge < -0.3 is 9.64 Å². The fourth-order valence-electron chi connectivity index (χ4n) is 2.22. The minimum absolute atomic E-state index is 0.0217. The quantitative estimate of drug-likeness (QED) is 0.791. The average molecular weight is 348 g/mol. The Morgan fingerprint density at radius 3 is 2.43 bits per heavy atom. The molecule has 0 N–H and O–H groups in total. The molecule has 0 bridgehead atoms. The van der Waals surface area contributed by atoms with Crippen molar-refractivity contribution in [2.75, 3.05) is 38.5 Å². The standard InChI is InChI=1S/C14H18F2N2O4S/c1-2-23(20,21)18-7-5-17(6-8-18)14(19)10-22-13-4-3-11(15)9-12(13)16/h3-4,9H,2,5-8,10H2,1H3. The Balaban J connectivity index is 1.86. The first-order chi connectivity index (χ1) is 10.8. The van der Waals surface area contributed by atoms with Crippen molar-refractivity contribution in [3.8, 4) is 5.75 Å². The number of benzene rings is 1. The van der Waals surface area contributed by atoms with E-state index in [-0.39, 0.29) is 50.2 Å². The highest BCUT2D eigenvalue weighted by molar-refractivity contribution is 7.89. The van der Waals surface area contributed by atoms with Gasteiger partial charge >= 0.3 is 0 Å². The zero-order valence-corrected chi connectivity index (χ0v) is 13.5. The van der Waals surface area contributed by atoms with Crippen LogP contribution in [0.25, 0.3) is 0 Å². The molecule has 1 aromatic carbocycles. The molecule has 0 saturated carbocycles. The molecule has 128 valence electrons. The summed E-state index contributed by atoms with van der Waals surface area (Å²) in [6, 6.07) is 2.83. The van der Waals surface area contributed by atoms with Crippen LogP contribution < -0.4 is 4.74 Å².